The zero-order valence-corrected chi connectivity index (χ0v) is 16.8. The standard InChI is InChI=1S/C22H31N3O2/c1-15-5-11-19(12-6-15)25-14-17(20(24-25)22(2,3)4)13-23-18-9-7-16(8-10-18)21(26)27/h5-6,11-12,14,16,18,23H,7-10,13H2,1-4H3,(H,26,27). The molecule has 1 aromatic carbocycles. The molecule has 0 saturated heterocycles. The molecule has 1 heterocycles. The maximum absolute atomic E-state index is 11.1. The summed E-state index contributed by atoms with van der Waals surface area (Å²) < 4.78 is 1.97. The van der Waals surface area contributed by atoms with Crippen LogP contribution in [0.3, 0.4) is 0 Å². The van der Waals surface area contributed by atoms with Crippen molar-refractivity contribution in [3.8, 4) is 5.69 Å². The molecule has 0 unspecified atom stereocenters. The fourth-order valence-corrected chi connectivity index (χ4v) is 3.80. The van der Waals surface area contributed by atoms with Crippen molar-refractivity contribution in [2.45, 2.75) is 71.4 Å². The number of nitrogens with one attached hydrogen (secondary N) is 1. The van der Waals surface area contributed by atoms with Gasteiger partial charge in [-0.15, -0.1) is 0 Å². The molecule has 1 saturated carbocycles. The minimum absolute atomic E-state index is 0.0338. The third kappa shape index (κ3) is 4.78. The molecule has 0 amide bonds. The van der Waals surface area contributed by atoms with Gasteiger partial charge in [0.05, 0.1) is 17.3 Å². The smallest absolute Gasteiger partial charge is 0.306 e. The van der Waals surface area contributed by atoms with Crippen LogP contribution in [0.2, 0.25) is 0 Å². The molecular weight excluding hydrogens is 338 g/mol. The monoisotopic (exact) mass is 369 g/mol. The van der Waals surface area contributed by atoms with Crippen molar-refractivity contribution in [2.24, 2.45) is 5.92 Å². The molecular formula is C22H31N3O2. The number of aryl methyl sites for hydroxylation is 1. The van der Waals surface area contributed by atoms with Gasteiger partial charge in [-0.2, -0.15) is 5.10 Å². The van der Waals surface area contributed by atoms with Crippen molar-refractivity contribution in [3.63, 3.8) is 0 Å². The van der Waals surface area contributed by atoms with E-state index in [1.54, 1.807) is 0 Å². The van der Waals surface area contributed by atoms with Crippen LogP contribution in [0.1, 0.15) is 63.3 Å². The number of carboxylic acids is 1. The lowest BCUT2D eigenvalue weighted by atomic mass is 9.86. The lowest BCUT2D eigenvalue weighted by Gasteiger charge is -2.27. The summed E-state index contributed by atoms with van der Waals surface area (Å²) in [4.78, 5) is 11.1. The van der Waals surface area contributed by atoms with Crippen LogP contribution in [0, 0.1) is 12.8 Å². The van der Waals surface area contributed by atoms with Crippen molar-refractivity contribution >= 4 is 5.97 Å². The zero-order chi connectivity index (χ0) is 19.6. The number of rotatable bonds is 5. The highest BCUT2D eigenvalue weighted by Gasteiger charge is 2.27. The Balaban J connectivity index is 1.72. The predicted octanol–water partition coefficient (Wildman–Crippen LogP) is 4.21. The van der Waals surface area contributed by atoms with Gasteiger partial charge in [0.15, 0.2) is 0 Å². The van der Waals surface area contributed by atoms with Crippen LogP contribution in [-0.2, 0) is 16.8 Å². The first kappa shape index (κ1) is 19.6. The second kappa shape index (κ2) is 7.85. The minimum atomic E-state index is -0.650. The van der Waals surface area contributed by atoms with Crippen LogP contribution >= 0.6 is 0 Å². The molecule has 1 aliphatic carbocycles. The van der Waals surface area contributed by atoms with Crippen LogP contribution in [0.4, 0.5) is 0 Å². The largest absolute Gasteiger partial charge is 0.481 e. The molecule has 1 fully saturated rings. The molecule has 0 atom stereocenters. The molecule has 27 heavy (non-hydrogen) atoms. The summed E-state index contributed by atoms with van der Waals surface area (Å²) >= 11 is 0. The van der Waals surface area contributed by atoms with Crippen molar-refractivity contribution in [1.29, 1.82) is 0 Å². The van der Waals surface area contributed by atoms with E-state index in [1.165, 1.54) is 11.1 Å². The molecule has 2 N–H and O–H groups in total. The Kier molecular flexibility index (Phi) is 5.70. The summed E-state index contributed by atoms with van der Waals surface area (Å²) in [6.45, 7) is 9.42. The minimum Gasteiger partial charge on any atom is -0.481 e. The van der Waals surface area contributed by atoms with Crippen LogP contribution in [0.5, 0.6) is 0 Å². The Morgan fingerprint density at radius 3 is 2.37 bits per heavy atom. The molecule has 2 aromatic rings. The Morgan fingerprint density at radius 2 is 1.81 bits per heavy atom. The van der Waals surface area contributed by atoms with Gasteiger partial charge in [0.25, 0.3) is 0 Å². The van der Waals surface area contributed by atoms with Crippen LogP contribution in [-0.4, -0.2) is 26.9 Å². The summed E-state index contributed by atoms with van der Waals surface area (Å²) in [6, 6.07) is 8.79. The number of hydrogen-bond acceptors (Lipinski definition) is 3. The summed E-state index contributed by atoms with van der Waals surface area (Å²) in [5, 5.41) is 17.7. The van der Waals surface area contributed by atoms with Gasteiger partial charge in [-0.25, -0.2) is 4.68 Å². The Bertz CT molecular complexity index is 779. The average Bonchev–Trinajstić information content (AvgIpc) is 3.05. The number of nitrogens with zero attached hydrogens (tertiary/aromatic N) is 2. The topological polar surface area (TPSA) is 67.2 Å². The first-order valence-corrected chi connectivity index (χ1v) is 9.86. The third-order valence-corrected chi connectivity index (χ3v) is 5.46. The van der Waals surface area contributed by atoms with Gasteiger partial charge in [0.1, 0.15) is 0 Å². The van der Waals surface area contributed by atoms with E-state index in [0.717, 1.165) is 43.6 Å². The number of carbonyl (C=O) groups is 1. The van der Waals surface area contributed by atoms with E-state index in [-0.39, 0.29) is 11.3 Å². The van der Waals surface area contributed by atoms with E-state index in [0.29, 0.717) is 6.04 Å². The lowest BCUT2D eigenvalue weighted by Crippen LogP contribution is -2.35. The maximum atomic E-state index is 11.1. The van der Waals surface area contributed by atoms with Crippen molar-refractivity contribution in [1.82, 2.24) is 15.1 Å². The van der Waals surface area contributed by atoms with Gasteiger partial charge in [-0.3, -0.25) is 4.79 Å². The van der Waals surface area contributed by atoms with E-state index in [4.69, 9.17) is 10.2 Å². The molecule has 1 aromatic heterocycles. The second-order valence-electron chi connectivity index (χ2n) is 8.80. The van der Waals surface area contributed by atoms with E-state index in [9.17, 15) is 4.79 Å². The van der Waals surface area contributed by atoms with Gasteiger partial charge in [0.2, 0.25) is 0 Å². The van der Waals surface area contributed by atoms with Crippen LogP contribution in [0.15, 0.2) is 30.5 Å². The second-order valence-corrected chi connectivity index (χ2v) is 8.80. The molecule has 0 spiro atoms. The summed E-state index contributed by atoms with van der Waals surface area (Å²) in [5.41, 5.74) is 4.59. The van der Waals surface area contributed by atoms with Crippen LogP contribution < -0.4 is 5.32 Å². The molecule has 146 valence electrons. The third-order valence-electron chi connectivity index (χ3n) is 5.46. The molecule has 0 bridgehead atoms. The zero-order valence-electron chi connectivity index (χ0n) is 16.8. The molecule has 0 aliphatic heterocycles. The van der Waals surface area contributed by atoms with Gasteiger partial charge in [-0.1, -0.05) is 38.5 Å². The summed E-state index contributed by atoms with van der Waals surface area (Å²) in [5.74, 6) is -0.819. The number of aromatic nitrogens is 2. The van der Waals surface area contributed by atoms with Crippen LogP contribution in [0.25, 0.3) is 5.69 Å². The Hall–Kier alpha value is -2.14. The highest BCUT2D eigenvalue weighted by molar-refractivity contribution is 5.70. The molecule has 5 heteroatoms. The Labute approximate surface area is 161 Å². The fourth-order valence-electron chi connectivity index (χ4n) is 3.80. The number of hydrogen-bond donors (Lipinski definition) is 2. The molecule has 3 rings (SSSR count). The van der Waals surface area contributed by atoms with E-state index in [1.807, 2.05) is 4.68 Å². The SMILES string of the molecule is Cc1ccc(-n2cc(CNC3CCC(C(=O)O)CC3)c(C(C)(C)C)n2)cc1. The van der Waals surface area contributed by atoms with Gasteiger partial charge in [0, 0.05) is 29.8 Å². The van der Waals surface area contributed by atoms with Crippen molar-refractivity contribution in [3.05, 3.63) is 47.3 Å². The highest BCUT2D eigenvalue weighted by Crippen LogP contribution is 2.28. The maximum Gasteiger partial charge on any atom is 0.306 e. The lowest BCUT2D eigenvalue weighted by molar-refractivity contribution is -0.142. The number of carboxylic acid groups (broad SMARTS) is 1. The molecule has 0 radical (unpaired) electrons. The number of benzene rings is 1. The quantitative estimate of drug-likeness (QED) is 0.828. The van der Waals surface area contributed by atoms with E-state index < -0.39 is 5.97 Å². The first-order valence-electron chi connectivity index (χ1n) is 9.86. The molecule has 5 nitrogen and oxygen atoms in total. The predicted molar refractivity (Wildman–Crippen MR) is 107 cm³/mol. The summed E-state index contributed by atoms with van der Waals surface area (Å²) in [6.07, 6.45) is 5.51. The fraction of sp³-hybridized carbons (Fsp3) is 0.545. The van der Waals surface area contributed by atoms with E-state index in [2.05, 4.69) is 63.5 Å². The Morgan fingerprint density at radius 1 is 1.19 bits per heavy atom. The molecule has 1 aliphatic rings. The summed E-state index contributed by atoms with van der Waals surface area (Å²) in [7, 11) is 0. The van der Waals surface area contributed by atoms with Crippen molar-refractivity contribution < 1.29 is 9.90 Å². The highest BCUT2D eigenvalue weighted by atomic mass is 16.4. The van der Waals surface area contributed by atoms with Gasteiger partial charge >= 0.3 is 5.97 Å². The normalized spacial score (nSPS) is 20.6. The van der Waals surface area contributed by atoms with E-state index >= 15 is 0 Å². The van der Waals surface area contributed by atoms with Gasteiger partial charge < -0.3 is 10.4 Å². The average molecular weight is 370 g/mol. The van der Waals surface area contributed by atoms with Crippen molar-refractivity contribution in [2.75, 3.05) is 0 Å². The number of aliphatic carboxylic acids is 1. The van der Waals surface area contributed by atoms with Gasteiger partial charge in [-0.05, 0) is 44.7 Å². The first-order chi connectivity index (χ1) is 12.7.